The van der Waals surface area contributed by atoms with Crippen LogP contribution in [0, 0.1) is 5.92 Å². The summed E-state index contributed by atoms with van der Waals surface area (Å²) in [6, 6.07) is 11.3. The maximum absolute atomic E-state index is 12.5. The Morgan fingerprint density at radius 1 is 1.08 bits per heavy atom. The van der Waals surface area contributed by atoms with Crippen molar-refractivity contribution in [2.75, 3.05) is 10.6 Å². The lowest BCUT2D eigenvalue weighted by molar-refractivity contribution is -0.121. The maximum atomic E-state index is 12.5. The average molecular weight is 394 g/mol. The van der Waals surface area contributed by atoms with Crippen molar-refractivity contribution in [2.45, 2.75) is 38.1 Å². The van der Waals surface area contributed by atoms with Crippen LogP contribution in [0.2, 0.25) is 0 Å². The van der Waals surface area contributed by atoms with Crippen molar-refractivity contribution in [2.24, 2.45) is 11.7 Å². The molecule has 1 saturated carbocycles. The topological polar surface area (TPSA) is 84.2 Å². The van der Waals surface area contributed by atoms with Gasteiger partial charge in [0.1, 0.15) is 0 Å². The predicted octanol–water partition coefficient (Wildman–Crippen LogP) is 3.81. The van der Waals surface area contributed by atoms with Crippen LogP contribution in [0.5, 0.6) is 0 Å². The van der Waals surface area contributed by atoms with Crippen molar-refractivity contribution in [3.05, 3.63) is 46.7 Å². The van der Waals surface area contributed by atoms with Gasteiger partial charge in [-0.3, -0.25) is 9.59 Å². The highest BCUT2D eigenvalue weighted by Gasteiger charge is 2.25. The molecule has 7 heteroatoms. The highest BCUT2D eigenvalue weighted by molar-refractivity contribution is 7.10. The molecule has 1 aromatic heterocycles. The standard InChI is InChI=1S/C19H23N3O2S.ClH/c20-14-6-3-5-13(11-14)19(24)22-17-9-2-1-8-16(17)21-18(23)12-15-7-4-10-25-15;/h1-2,4,7-10,13-14H,3,5-6,11-12,20H2,(H,21,23)(H,22,24);1H. The fraction of sp³-hybridized carbons (Fsp3) is 0.368. The number of carbonyl (C=O) groups excluding carboxylic acids is 2. The van der Waals surface area contributed by atoms with Gasteiger partial charge in [0.15, 0.2) is 0 Å². The molecule has 3 rings (SSSR count). The minimum Gasteiger partial charge on any atom is -0.328 e. The number of halogens is 1. The maximum Gasteiger partial charge on any atom is 0.229 e. The first-order chi connectivity index (χ1) is 12.1. The number of amides is 2. The second-order valence-electron chi connectivity index (χ2n) is 6.46. The van der Waals surface area contributed by atoms with E-state index in [-0.39, 0.29) is 36.2 Å². The minimum atomic E-state index is -0.0937. The van der Waals surface area contributed by atoms with Crippen molar-refractivity contribution in [1.82, 2.24) is 0 Å². The Labute approximate surface area is 163 Å². The number of rotatable bonds is 5. The van der Waals surface area contributed by atoms with Crippen molar-refractivity contribution < 1.29 is 9.59 Å². The third-order valence-electron chi connectivity index (χ3n) is 4.46. The van der Waals surface area contributed by atoms with Crippen LogP contribution in [0.4, 0.5) is 11.4 Å². The SMILES string of the molecule is Cl.NC1CCCC(C(=O)Nc2ccccc2NC(=O)Cc2cccs2)C1. The molecule has 0 radical (unpaired) electrons. The molecule has 2 amide bonds. The van der Waals surface area contributed by atoms with Crippen LogP contribution in [0.3, 0.4) is 0 Å². The molecule has 1 aromatic carbocycles. The molecule has 0 aliphatic heterocycles. The number of anilines is 2. The van der Waals surface area contributed by atoms with E-state index in [0.717, 1.165) is 30.6 Å². The quantitative estimate of drug-likeness (QED) is 0.722. The van der Waals surface area contributed by atoms with Crippen molar-refractivity contribution in [3.63, 3.8) is 0 Å². The molecule has 1 fully saturated rings. The third kappa shape index (κ3) is 5.56. The largest absolute Gasteiger partial charge is 0.328 e. The highest BCUT2D eigenvalue weighted by atomic mass is 35.5. The van der Waals surface area contributed by atoms with E-state index in [4.69, 9.17) is 5.73 Å². The molecular weight excluding hydrogens is 370 g/mol. The Kier molecular flexibility index (Phi) is 7.63. The fourth-order valence-electron chi connectivity index (χ4n) is 3.17. The fourth-order valence-corrected chi connectivity index (χ4v) is 3.87. The number of benzene rings is 1. The van der Waals surface area contributed by atoms with Crippen LogP contribution in [0.15, 0.2) is 41.8 Å². The van der Waals surface area contributed by atoms with Crippen LogP contribution < -0.4 is 16.4 Å². The lowest BCUT2D eigenvalue weighted by Gasteiger charge is -2.26. The molecule has 26 heavy (non-hydrogen) atoms. The summed E-state index contributed by atoms with van der Waals surface area (Å²) in [5.41, 5.74) is 7.23. The molecule has 1 heterocycles. The molecule has 2 unspecified atom stereocenters. The summed E-state index contributed by atoms with van der Waals surface area (Å²) in [4.78, 5) is 25.8. The first kappa shape index (κ1) is 20.4. The molecule has 2 atom stereocenters. The first-order valence-electron chi connectivity index (χ1n) is 8.59. The molecule has 0 bridgehead atoms. The molecule has 140 valence electrons. The lowest BCUT2D eigenvalue weighted by Crippen LogP contribution is -2.34. The summed E-state index contributed by atoms with van der Waals surface area (Å²) < 4.78 is 0. The second kappa shape index (κ2) is 9.71. The van der Waals surface area contributed by atoms with Gasteiger partial charge in [-0.05, 0) is 42.8 Å². The van der Waals surface area contributed by atoms with Gasteiger partial charge in [-0.25, -0.2) is 0 Å². The number of nitrogens with two attached hydrogens (primary N) is 1. The molecule has 0 saturated heterocycles. The Bertz CT molecular complexity index is 736. The van der Waals surface area contributed by atoms with Crippen LogP contribution >= 0.6 is 23.7 Å². The highest BCUT2D eigenvalue weighted by Crippen LogP contribution is 2.27. The summed E-state index contributed by atoms with van der Waals surface area (Å²) in [5.74, 6) is -0.169. The van der Waals surface area contributed by atoms with E-state index in [1.54, 1.807) is 23.5 Å². The molecular formula is C19H24ClN3O2S. The first-order valence-corrected chi connectivity index (χ1v) is 9.47. The lowest BCUT2D eigenvalue weighted by atomic mass is 9.85. The van der Waals surface area contributed by atoms with Gasteiger partial charge in [0.05, 0.1) is 17.8 Å². The summed E-state index contributed by atoms with van der Waals surface area (Å²) in [6.07, 6.45) is 3.89. The van der Waals surface area contributed by atoms with Crippen LogP contribution in [-0.2, 0) is 16.0 Å². The normalized spacial score (nSPS) is 19.3. The van der Waals surface area contributed by atoms with Gasteiger partial charge in [0.2, 0.25) is 11.8 Å². The zero-order chi connectivity index (χ0) is 17.6. The average Bonchev–Trinajstić information content (AvgIpc) is 3.09. The van der Waals surface area contributed by atoms with Gasteiger partial charge in [0, 0.05) is 16.8 Å². The third-order valence-corrected chi connectivity index (χ3v) is 5.34. The molecule has 2 aromatic rings. The minimum absolute atomic E-state index is 0. The smallest absolute Gasteiger partial charge is 0.229 e. The number of para-hydroxylation sites is 2. The number of carbonyl (C=O) groups is 2. The predicted molar refractivity (Wildman–Crippen MR) is 109 cm³/mol. The van der Waals surface area contributed by atoms with E-state index >= 15 is 0 Å². The summed E-state index contributed by atoms with van der Waals surface area (Å²) in [5, 5.41) is 7.80. The molecule has 1 aliphatic carbocycles. The van der Waals surface area contributed by atoms with Crippen molar-refractivity contribution in [1.29, 1.82) is 0 Å². The number of hydrogen-bond acceptors (Lipinski definition) is 4. The van der Waals surface area contributed by atoms with Gasteiger partial charge in [-0.15, -0.1) is 23.7 Å². The van der Waals surface area contributed by atoms with E-state index in [1.165, 1.54) is 0 Å². The number of thiophene rings is 1. The van der Waals surface area contributed by atoms with Gasteiger partial charge in [0.25, 0.3) is 0 Å². The van der Waals surface area contributed by atoms with Crippen LogP contribution in [-0.4, -0.2) is 17.9 Å². The monoisotopic (exact) mass is 393 g/mol. The summed E-state index contributed by atoms with van der Waals surface area (Å²) in [6.45, 7) is 0. The molecule has 1 aliphatic rings. The Hall–Kier alpha value is -1.89. The number of hydrogen-bond donors (Lipinski definition) is 3. The molecule has 0 spiro atoms. The van der Waals surface area contributed by atoms with E-state index in [9.17, 15) is 9.59 Å². The summed E-state index contributed by atoms with van der Waals surface area (Å²) in [7, 11) is 0. The van der Waals surface area contributed by atoms with E-state index in [0.29, 0.717) is 17.8 Å². The molecule has 4 N–H and O–H groups in total. The zero-order valence-corrected chi connectivity index (χ0v) is 16.1. The second-order valence-corrected chi connectivity index (χ2v) is 7.50. The van der Waals surface area contributed by atoms with E-state index in [2.05, 4.69) is 10.6 Å². The van der Waals surface area contributed by atoms with Gasteiger partial charge < -0.3 is 16.4 Å². The van der Waals surface area contributed by atoms with Gasteiger partial charge in [-0.2, -0.15) is 0 Å². The zero-order valence-electron chi connectivity index (χ0n) is 14.4. The Morgan fingerprint density at radius 2 is 1.81 bits per heavy atom. The van der Waals surface area contributed by atoms with Gasteiger partial charge >= 0.3 is 0 Å². The Balaban J connectivity index is 0.00000243. The van der Waals surface area contributed by atoms with Crippen LogP contribution in [0.25, 0.3) is 0 Å². The Morgan fingerprint density at radius 3 is 2.46 bits per heavy atom. The number of nitrogens with one attached hydrogen (secondary N) is 2. The van der Waals surface area contributed by atoms with E-state index in [1.807, 2.05) is 29.6 Å². The molecule has 5 nitrogen and oxygen atoms in total. The van der Waals surface area contributed by atoms with Crippen LogP contribution in [0.1, 0.15) is 30.6 Å². The van der Waals surface area contributed by atoms with Crippen molar-refractivity contribution in [3.8, 4) is 0 Å². The summed E-state index contributed by atoms with van der Waals surface area (Å²) >= 11 is 1.55. The van der Waals surface area contributed by atoms with E-state index < -0.39 is 0 Å². The van der Waals surface area contributed by atoms with Gasteiger partial charge in [-0.1, -0.05) is 24.6 Å². The van der Waals surface area contributed by atoms with Crippen molar-refractivity contribution >= 4 is 46.9 Å².